The van der Waals surface area contributed by atoms with Crippen LogP contribution in [0.1, 0.15) is 12.0 Å². The van der Waals surface area contributed by atoms with Gasteiger partial charge in [-0.3, -0.25) is 0 Å². The van der Waals surface area contributed by atoms with Gasteiger partial charge in [0.2, 0.25) is 0 Å². The lowest BCUT2D eigenvalue weighted by Gasteiger charge is -2.12. The summed E-state index contributed by atoms with van der Waals surface area (Å²) >= 11 is 1.98. The molecule has 0 amide bonds. The van der Waals surface area contributed by atoms with Crippen molar-refractivity contribution in [2.45, 2.75) is 12.6 Å². The Morgan fingerprint density at radius 3 is 2.55 bits per heavy atom. The number of rotatable bonds is 6. The molecule has 4 nitrogen and oxygen atoms in total. The first-order valence-electron chi connectivity index (χ1n) is 5.60. The summed E-state index contributed by atoms with van der Waals surface area (Å²) in [7, 11) is 0. The number of halogens is 4. The van der Waals surface area contributed by atoms with Crippen LogP contribution in [-0.2, 0) is 4.74 Å². The molecule has 20 heavy (non-hydrogen) atoms. The lowest BCUT2D eigenvalue weighted by Crippen LogP contribution is -2.18. The van der Waals surface area contributed by atoms with E-state index >= 15 is 0 Å². The molecular weight excluding hydrogens is 388 g/mol. The van der Waals surface area contributed by atoms with Crippen molar-refractivity contribution in [2.24, 2.45) is 0 Å². The fourth-order valence-corrected chi connectivity index (χ4v) is 2.16. The first-order valence-corrected chi connectivity index (χ1v) is 6.68. The first-order chi connectivity index (χ1) is 9.33. The minimum atomic E-state index is -4.31. The summed E-state index contributed by atoms with van der Waals surface area (Å²) in [6, 6.07) is 5.07. The standard InChI is InChI=1S/C12H12F3IN2O2/c13-12(14,15)7-19-2-1-3-20-11-9(16)4-8(6-17)5-10(11)18/h4-5H,1-3,7,18H2. The van der Waals surface area contributed by atoms with Gasteiger partial charge in [-0.1, -0.05) is 0 Å². The summed E-state index contributed by atoms with van der Waals surface area (Å²) in [5.41, 5.74) is 6.48. The van der Waals surface area contributed by atoms with E-state index in [1.807, 2.05) is 28.7 Å². The van der Waals surface area contributed by atoms with Crippen LogP contribution in [0, 0.1) is 14.9 Å². The third-order valence-electron chi connectivity index (χ3n) is 2.15. The molecule has 0 aliphatic heterocycles. The summed E-state index contributed by atoms with van der Waals surface area (Å²) in [5.74, 6) is 0.431. The van der Waals surface area contributed by atoms with Crippen molar-refractivity contribution in [1.29, 1.82) is 5.26 Å². The van der Waals surface area contributed by atoms with Gasteiger partial charge in [-0.05, 0) is 34.7 Å². The maximum atomic E-state index is 11.8. The van der Waals surface area contributed by atoms with Gasteiger partial charge in [0, 0.05) is 6.42 Å². The number of nitrogens with two attached hydrogens (primary N) is 1. The first kappa shape index (κ1) is 16.8. The molecule has 2 N–H and O–H groups in total. The quantitative estimate of drug-likeness (QED) is 0.453. The fraction of sp³-hybridized carbons (Fsp3) is 0.417. The predicted octanol–water partition coefficient (Wildman–Crippen LogP) is 3.09. The summed E-state index contributed by atoms with van der Waals surface area (Å²) in [6.07, 6.45) is -4.00. The molecule has 0 bridgehead atoms. The number of alkyl halides is 3. The van der Waals surface area contributed by atoms with E-state index in [2.05, 4.69) is 4.74 Å². The van der Waals surface area contributed by atoms with Gasteiger partial charge in [-0.25, -0.2) is 0 Å². The molecule has 8 heteroatoms. The van der Waals surface area contributed by atoms with Crippen molar-refractivity contribution in [1.82, 2.24) is 0 Å². The highest BCUT2D eigenvalue weighted by Crippen LogP contribution is 2.29. The van der Waals surface area contributed by atoms with Gasteiger partial charge in [0.25, 0.3) is 0 Å². The SMILES string of the molecule is N#Cc1cc(N)c(OCCCOCC(F)(F)F)c(I)c1. The van der Waals surface area contributed by atoms with E-state index in [0.29, 0.717) is 27.0 Å². The number of anilines is 1. The zero-order valence-corrected chi connectivity index (χ0v) is 12.5. The van der Waals surface area contributed by atoms with E-state index in [1.165, 1.54) is 6.07 Å². The molecule has 0 aliphatic carbocycles. The smallest absolute Gasteiger partial charge is 0.411 e. The van der Waals surface area contributed by atoms with Gasteiger partial charge in [0.1, 0.15) is 6.61 Å². The molecule has 0 spiro atoms. The van der Waals surface area contributed by atoms with Crippen molar-refractivity contribution in [2.75, 3.05) is 25.6 Å². The van der Waals surface area contributed by atoms with Crippen LogP contribution in [0.4, 0.5) is 18.9 Å². The zero-order valence-electron chi connectivity index (χ0n) is 10.3. The summed E-state index contributed by atoms with van der Waals surface area (Å²) in [5, 5.41) is 8.76. The van der Waals surface area contributed by atoms with Gasteiger partial charge in [0.15, 0.2) is 5.75 Å². The Hall–Kier alpha value is -1.21. The molecule has 0 fully saturated rings. The van der Waals surface area contributed by atoms with E-state index in [4.69, 9.17) is 15.7 Å². The van der Waals surface area contributed by atoms with Crippen molar-refractivity contribution >= 4 is 28.3 Å². The highest BCUT2D eigenvalue weighted by atomic mass is 127. The van der Waals surface area contributed by atoms with E-state index in [-0.39, 0.29) is 13.2 Å². The Morgan fingerprint density at radius 1 is 1.30 bits per heavy atom. The molecule has 1 rings (SSSR count). The Morgan fingerprint density at radius 2 is 2.00 bits per heavy atom. The van der Waals surface area contributed by atoms with Crippen LogP contribution < -0.4 is 10.5 Å². The van der Waals surface area contributed by atoms with Crippen LogP contribution in [0.2, 0.25) is 0 Å². The van der Waals surface area contributed by atoms with Crippen LogP contribution >= 0.6 is 22.6 Å². The Bertz CT molecular complexity index is 477. The van der Waals surface area contributed by atoms with Gasteiger partial charge >= 0.3 is 6.18 Å². The average Bonchev–Trinajstić information content (AvgIpc) is 2.34. The fourth-order valence-electron chi connectivity index (χ4n) is 1.35. The van der Waals surface area contributed by atoms with Gasteiger partial charge in [0.05, 0.1) is 34.1 Å². The van der Waals surface area contributed by atoms with E-state index in [9.17, 15) is 13.2 Å². The van der Waals surface area contributed by atoms with Gasteiger partial charge < -0.3 is 15.2 Å². The minimum Gasteiger partial charge on any atom is -0.490 e. The van der Waals surface area contributed by atoms with Crippen LogP contribution in [0.5, 0.6) is 5.75 Å². The molecular formula is C12H12F3IN2O2. The Kier molecular flexibility index (Phi) is 6.35. The molecule has 0 aliphatic rings. The highest BCUT2D eigenvalue weighted by Gasteiger charge is 2.27. The molecule has 0 aromatic heterocycles. The van der Waals surface area contributed by atoms with E-state index in [0.717, 1.165) is 0 Å². The lowest BCUT2D eigenvalue weighted by molar-refractivity contribution is -0.174. The summed E-state index contributed by atoms with van der Waals surface area (Å²) < 4.78 is 45.9. The number of hydrogen-bond acceptors (Lipinski definition) is 4. The van der Waals surface area contributed by atoms with Crippen molar-refractivity contribution in [3.05, 3.63) is 21.3 Å². The molecule has 0 heterocycles. The van der Waals surface area contributed by atoms with Crippen molar-refractivity contribution < 1.29 is 22.6 Å². The molecule has 1 aromatic carbocycles. The number of ether oxygens (including phenoxy) is 2. The maximum absolute atomic E-state index is 11.8. The number of nitrogens with zero attached hydrogens (tertiary/aromatic N) is 1. The zero-order chi connectivity index (χ0) is 15.2. The number of benzene rings is 1. The lowest BCUT2D eigenvalue weighted by atomic mass is 10.2. The van der Waals surface area contributed by atoms with Crippen LogP contribution in [0.25, 0.3) is 0 Å². The second-order valence-electron chi connectivity index (χ2n) is 3.86. The van der Waals surface area contributed by atoms with Crippen LogP contribution in [-0.4, -0.2) is 26.0 Å². The third-order valence-corrected chi connectivity index (χ3v) is 2.95. The Labute approximate surface area is 127 Å². The maximum Gasteiger partial charge on any atom is 0.411 e. The van der Waals surface area contributed by atoms with Crippen LogP contribution in [0.15, 0.2) is 12.1 Å². The molecule has 1 aromatic rings. The summed E-state index contributed by atoms with van der Waals surface area (Å²) in [6.45, 7) is -1.13. The Balaban J connectivity index is 2.38. The predicted molar refractivity (Wildman–Crippen MR) is 75.3 cm³/mol. The molecule has 0 radical (unpaired) electrons. The molecule has 0 saturated heterocycles. The summed E-state index contributed by atoms with van der Waals surface area (Å²) in [4.78, 5) is 0. The second kappa shape index (κ2) is 7.54. The van der Waals surface area contributed by atoms with Crippen molar-refractivity contribution in [3.8, 4) is 11.8 Å². The monoisotopic (exact) mass is 400 g/mol. The average molecular weight is 400 g/mol. The van der Waals surface area contributed by atoms with Gasteiger partial charge in [-0.15, -0.1) is 0 Å². The molecule has 110 valence electrons. The normalized spacial score (nSPS) is 11.2. The number of hydrogen-bond donors (Lipinski definition) is 1. The van der Waals surface area contributed by atoms with Crippen LogP contribution in [0.3, 0.4) is 0 Å². The molecule has 0 saturated carbocycles. The highest BCUT2D eigenvalue weighted by molar-refractivity contribution is 14.1. The second-order valence-corrected chi connectivity index (χ2v) is 5.02. The topological polar surface area (TPSA) is 68.3 Å². The molecule has 0 atom stereocenters. The molecule has 0 unspecified atom stereocenters. The van der Waals surface area contributed by atoms with E-state index < -0.39 is 12.8 Å². The third kappa shape index (κ3) is 5.83. The van der Waals surface area contributed by atoms with Crippen molar-refractivity contribution in [3.63, 3.8) is 0 Å². The number of nitriles is 1. The van der Waals surface area contributed by atoms with E-state index in [1.54, 1.807) is 6.07 Å². The van der Waals surface area contributed by atoms with Gasteiger partial charge in [-0.2, -0.15) is 18.4 Å². The number of nitrogen functional groups attached to an aromatic ring is 1. The minimum absolute atomic E-state index is 0.0493. The largest absolute Gasteiger partial charge is 0.490 e.